The molecule has 0 bridgehead atoms. The van der Waals surface area contributed by atoms with Crippen LogP contribution in [0.25, 0.3) is 0 Å². The summed E-state index contributed by atoms with van der Waals surface area (Å²) in [5.41, 5.74) is 5.32. The largest absolute Gasteiger partial charge is 0.363 e. The average molecular weight is 159 g/mol. The zero-order valence-electron chi connectivity index (χ0n) is 8.13. The maximum Gasteiger partial charge on any atom is 0.0944 e. The molecule has 0 aliphatic heterocycles. The molecule has 0 saturated heterocycles. The van der Waals surface area contributed by atoms with Crippen LogP contribution in [0.5, 0.6) is 0 Å². The minimum absolute atomic E-state index is 0.333. The van der Waals surface area contributed by atoms with E-state index in [2.05, 4.69) is 27.7 Å². The smallest absolute Gasteiger partial charge is 0.0944 e. The lowest BCUT2D eigenvalue weighted by molar-refractivity contribution is 0.0127. The highest BCUT2D eigenvalue weighted by atomic mass is 16.5. The van der Waals surface area contributed by atoms with Gasteiger partial charge in [0.25, 0.3) is 0 Å². The summed E-state index contributed by atoms with van der Waals surface area (Å²) in [5, 5.41) is 0. The number of hydrogen-bond donors (Lipinski definition) is 1. The van der Waals surface area contributed by atoms with Gasteiger partial charge in [0, 0.05) is 0 Å². The van der Waals surface area contributed by atoms with Gasteiger partial charge in [0.1, 0.15) is 0 Å². The lowest BCUT2D eigenvalue weighted by Crippen LogP contribution is -2.24. The summed E-state index contributed by atoms with van der Waals surface area (Å²) in [6.07, 6.45) is 1.44. The van der Waals surface area contributed by atoms with Crippen LogP contribution in [0.4, 0.5) is 0 Å². The van der Waals surface area contributed by atoms with Crippen LogP contribution in [-0.4, -0.2) is 12.8 Å². The standard InChI is InChI=1S/C9H21NO/c1-7(2)5-9(8(3)4)11-6-10/h7-9H,5-6,10H2,1-4H3. The molecule has 2 N–H and O–H groups in total. The van der Waals surface area contributed by atoms with Gasteiger partial charge in [0.05, 0.1) is 12.8 Å². The predicted octanol–water partition coefficient (Wildman–Crippen LogP) is 1.99. The van der Waals surface area contributed by atoms with Crippen LogP contribution >= 0.6 is 0 Å². The third-order valence-electron chi connectivity index (χ3n) is 1.76. The summed E-state index contributed by atoms with van der Waals surface area (Å²) in [7, 11) is 0. The van der Waals surface area contributed by atoms with E-state index < -0.39 is 0 Å². The Morgan fingerprint density at radius 2 is 1.73 bits per heavy atom. The molecule has 0 rings (SSSR count). The fourth-order valence-electron chi connectivity index (χ4n) is 1.12. The van der Waals surface area contributed by atoms with E-state index in [9.17, 15) is 0 Å². The molecule has 1 unspecified atom stereocenters. The quantitative estimate of drug-likeness (QED) is 0.623. The summed E-state index contributed by atoms with van der Waals surface area (Å²) in [5.74, 6) is 1.26. The van der Waals surface area contributed by atoms with E-state index in [0.29, 0.717) is 24.7 Å². The van der Waals surface area contributed by atoms with Gasteiger partial charge >= 0.3 is 0 Å². The molecule has 68 valence electrons. The minimum atomic E-state index is 0.333. The van der Waals surface area contributed by atoms with Crippen molar-refractivity contribution in [2.24, 2.45) is 17.6 Å². The molecule has 11 heavy (non-hydrogen) atoms. The van der Waals surface area contributed by atoms with Crippen molar-refractivity contribution in [2.45, 2.75) is 40.2 Å². The molecule has 0 amide bonds. The van der Waals surface area contributed by atoms with Crippen molar-refractivity contribution in [2.75, 3.05) is 6.73 Å². The number of ether oxygens (including phenoxy) is 1. The van der Waals surface area contributed by atoms with Crippen molar-refractivity contribution < 1.29 is 4.74 Å². The van der Waals surface area contributed by atoms with Crippen molar-refractivity contribution in [3.05, 3.63) is 0 Å². The Kier molecular flexibility index (Phi) is 5.51. The van der Waals surface area contributed by atoms with Crippen LogP contribution in [0.3, 0.4) is 0 Å². The van der Waals surface area contributed by atoms with Crippen molar-refractivity contribution in [3.63, 3.8) is 0 Å². The Bertz CT molecular complexity index is 91.6. The van der Waals surface area contributed by atoms with Crippen LogP contribution in [0, 0.1) is 11.8 Å². The summed E-state index contributed by atoms with van der Waals surface area (Å²) >= 11 is 0. The molecule has 0 saturated carbocycles. The predicted molar refractivity (Wildman–Crippen MR) is 48.2 cm³/mol. The van der Waals surface area contributed by atoms with Gasteiger partial charge in [-0.2, -0.15) is 0 Å². The maximum absolute atomic E-state index is 5.39. The zero-order chi connectivity index (χ0) is 8.85. The van der Waals surface area contributed by atoms with Crippen molar-refractivity contribution in [3.8, 4) is 0 Å². The molecule has 1 atom stereocenters. The molecule has 0 spiro atoms. The number of hydrogen-bond acceptors (Lipinski definition) is 2. The van der Waals surface area contributed by atoms with E-state index in [-0.39, 0.29) is 0 Å². The van der Waals surface area contributed by atoms with Gasteiger partial charge in [-0.1, -0.05) is 27.7 Å². The second-order valence-electron chi connectivity index (χ2n) is 3.75. The normalized spacial score (nSPS) is 14.5. The highest BCUT2D eigenvalue weighted by Gasteiger charge is 2.14. The molecular weight excluding hydrogens is 138 g/mol. The van der Waals surface area contributed by atoms with E-state index in [1.165, 1.54) is 0 Å². The van der Waals surface area contributed by atoms with Crippen molar-refractivity contribution in [1.29, 1.82) is 0 Å². The second-order valence-corrected chi connectivity index (χ2v) is 3.75. The first kappa shape index (κ1) is 10.9. The van der Waals surface area contributed by atoms with Gasteiger partial charge in [0.2, 0.25) is 0 Å². The monoisotopic (exact) mass is 159 g/mol. The molecule has 0 aliphatic rings. The highest BCUT2D eigenvalue weighted by molar-refractivity contribution is 4.63. The van der Waals surface area contributed by atoms with Crippen LogP contribution < -0.4 is 5.73 Å². The molecule has 2 heteroatoms. The van der Waals surface area contributed by atoms with E-state index >= 15 is 0 Å². The zero-order valence-corrected chi connectivity index (χ0v) is 8.13. The fourth-order valence-corrected chi connectivity index (χ4v) is 1.12. The van der Waals surface area contributed by atoms with Gasteiger partial charge in [-0.15, -0.1) is 0 Å². The van der Waals surface area contributed by atoms with Gasteiger partial charge in [-0.05, 0) is 18.3 Å². The van der Waals surface area contributed by atoms with Crippen LogP contribution in [-0.2, 0) is 4.74 Å². The summed E-state index contributed by atoms with van der Waals surface area (Å²) in [6, 6.07) is 0. The molecule has 0 aliphatic carbocycles. The van der Waals surface area contributed by atoms with E-state index in [1.54, 1.807) is 0 Å². The third-order valence-corrected chi connectivity index (χ3v) is 1.76. The molecule has 2 nitrogen and oxygen atoms in total. The highest BCUT2D eigenvalue weighted by Crippen LogP contribution is 2.15. The fraction of sp³-hybridized carbons (Fsp3) is 1.00. The molecule has 0 aromatic carbocycles. The lowest BCUT2D eigenvalue weighted by atomic mass is 9.97. The van der Waals surface area contributed by atoms with Gasteiger partial charge in [0.15, 0.2) is 0 Å². The van der Waals surface area contributed by atoms with Crippen molar-refractivity contribution >= 4 is 0 Å². The second kappa shape index (κ2) is 5.56. The number of rotatable bonds is 5. The Balaban J connectivity index is 3.69. The van der Waals surface area contributed by atoms with Gasteiger partial charge < -0.3 is 10.5 Å². The van der Waals surface area contributed by atoms with E-state index in [4.69, 9.17) is 10.5 Å². The first-order valence-electron chi connectivity index (χ1n) is 4.39. The Morgan fingerprint density at radius 3 is 2.00 bits per heavy atom. The molecule has 0 aromatic heterocycles. The summed E-state index contributed by atoms with van der Waals surface area (Å²) in [4.78, 5) is 0. The molecule has 0 fully saturated rings. The van der Waals surface area contributed by atoms with Crippen molar-refractivity contribution in [1.82, 2.24) is 0 Å². The molecule has 0 radical (unpaired) electrons. The summed E-state index contributed by atoms with van der Waals surface area (Å²) in [6.45, 7) is 9.09. The Morgan fingerprint density at radius 1 is 1.18 bits per heavy atom. The van der Waals surface area contributed by atoms with E-state index in [1.807, 2.05) is 0 Å². The minimum Gasteiger partial charge on any atom is -0.363 e. The van der Waals surface area contributed by atoms with Gasteiger partial charge in [-0.3, -0.25) is 0 Å². The first-order chi connectivity index (χ1) is 5.07. The average Bonchev–Trinajstić information content (AvgIpc) is 1.86. The SMILES string of the molecule is CC(C)CC(OCN)C(C)C. The van der Waals surface area contributed by atoms with Gasteiger partial charge in [-0.25, -0.2) is 0 Å². The molecule has 0 aromatic rings. The lowest BCUT2D eigenvalue weighted by Gasteiger charge is -2.22. The maximum atomic E-state index is 5.39. The Labute approximate surface area is 70.1 Å². The third kappa shape index (κ3) is 5.22. The summed E-state index contributed by atoms with van der Waals surface area (Å²) < 4.78 is 5.39. The van der Waals surface area contributed by atoms with Crippen LogP contribution in [0.1, 0.15) is 34.1 Å². The Hall–Kier alpha value is -0.0800. The molecule has 0 heterocycles. The molecular formula is C9H21NO. The van der Waals surface area contributed by atoms with Crippen LogP contribution in [0.15, 0.2) is 0 Å². The topological polar surface area (TPSA) is 35.2 Å². The number of nitrogens with two attached hydrogens (primary N) is 1. The van der Waals surface area contributed by atoms with Crippen LogP contribution in [0.2, 0.25) is 0 Å². The van der Waals surface area contributed by atoms with E-state index in [0.717, 1.165) is 6.42 Å². The first-order valence-corrected chi connectivity index (χ1v) is 4.39.